The van der Waals surface area contributed by atoms with Crippen LogP contribution in [0.2, 0.25) is 0 Å². The molecule has 1 aromatic heterocycles. The summed E-state index contributed by atoms with van der Waals surface area (Å²) in [5, 5.41) is 7.52. The van der Waals surface area contributed by atoms with Gasteiger partial charge >= 0.3 is 6.01 Å². The van der Waals surface area contributed by atoms with E-state index in [2.05, 4.69) is 22.3 Å². The Kier molecular flexibility index (Phi) is 6.54. The number of rotatable bonds is 7. The monoisotopic (exact) mass is 440 g/mol. The molecule has 0 saturated heterocycles. The molecule has 0 aliphatic heterocycles. The lowest BCUT2D eigenvalue weighted by atomic mass is 10.1. The van der Waals surface area contributed by atoms with E-state index >= 15 is 0 Å². The van der Waals surface area contributed by atoms with Crippen molar-refractivity contribution >= 4 is 11.6 Å². The van der Waals surface area contributed by atoms with Crippen molar-refractivity contribution in [2.24, 2.45) is 0 Å². The van der Waals surface area contributed by atoms with Gasteiger partial charge in [0, 0.05) is 16.8 Å². The Bertz CT molecular complexity index is 1220. The molecule has 0 bridgehead atoms. The molecule has 33 heavy (non-hydrogen) atoms. The fraction of sp³-hybridized carbons (Fsp3) is 0.222. The number of anilines is 1. The quantitative estimate of drug-likeness (QED) is 0.392. The maximum absolute atomic E-state index is 12.6. The molecule has 1 N–H and O–H groups in total. The number of benzene rings is 3. The van der Waals surface area contributed by atoms with Gasteiger partial charge in [-0.05, 0) is 69.2 Å². The number of hydrogen-bond acceptors (Lipinski definition) is 4. The Hall–Kier alpha value is -3.93. The molecule has 3 aromatic carbocycles. The van der Waals surface area contributed by atoms with E-state index in [0.717, 1.165) is 17.7 Å². The number of nitrogens with zero attached hydrogens (tertiary/aromatic N) is 3. The lowest BCUT2D eigenvalue weighted by molar-refractivity contribution is 0.102. The van der Waals surface area contributed by atoms with Crippen molar-refractivity contribution in [3.8, 4) is 23.1 Å². The van der Waals surface area contributed by atoms with Crippen LogP contribution in [0.4, 0.5) is 5.69 Å². The summed E-state index contributed by atoms with van der Waals surface area (Å²) in [5.74, 6) is 0.553. The minimum Gasteiger partial charge on any atom is -0.460 e. The predicted octanol–water partition coefficient (Wildman–Crippen LogP) is 5.84. The Morgan fingerprint density at radius 1 is 0.970 bits per heavy atom. The first-order chi connectivity index (χ1) is 15.9. The van der Waals surface area contributed by atoms with Gasteiger partial charge in [-0.2, -0.15) is 4.98 Å². The summed E-state index contributed by atoms with van der Waals surface area (Å²) in [4.78, 5) is 17.2. The number of aromatic nitrogens is 3. The normalized spacial score (nSPS) is 10.9. The van der Waals surface area contributed by atoms with E-state index in [1.165, 1.54) is 11.1 Å². The van der Waals surface area contributed by atoms with Crippen LogP contribution in [0.15, 0.2) is 72.8 Å². The SMILES string of the molecule is CCc1ccc(C(=O)Nc2ccc(-n3nc(OC(C)C)nc3-c3ccc(C)cc3)cc2)cc1. The van der Waals surface area contributed by atoms with Crippen LogP contribution in [0.1, 0.15) is 42.3 Å². The molecule has 168 valence electrons. The van der Waals surface area contributed by atoms with Crippen LogP contribution in [0.5, 0.6) is 6.01 Å². The van der Waals surface area contributed by atoms with Crippen LogP contribution in [-0.4, -0.2) is 26.8 Å². The van der Waals surface area contributed by atoms with Crippen molar-refractivity contribution in [1.82, 2.24) is 14.8 Å². The van der Waals surface area contributed by atoms with E-state index in [1.54, 1.807) is 4.68 Å². The van der Waals surface area contributed by atoms with Crippen molar-refractivity contribution in [3.63, 3.8) is 0 Å². The first-order valence-corrected chi connectivity index (χ1v) is 11.1. The molecule has 4 aromatic rings. The third kappa shape index (κ3) is 5.29. The number of amides is 1. The van der Waals surface area contributed by atoms with E-state index in [1.807, 2.05) is 93.6 Å². The Morgan fingerprint density at radius 2 is 1.64 bits per heavy atom. The fourth-order valence-corrected chi connectivity index (χ4v) is 3.40. The van der Waals surface area contributed by atoms with Gasteiger partial charge < -0.3 is 10.1 Å². The number of carbonyl (C=O) groups excluding carboxylic acids is 1. The topological polar surface area (TPSA) is 69.0 Å². The maximum Gasteiger partial charge on any atom is 0.336 e. The summed E-state index contributed by atoms with van der Waals surface area (Å²) in [6, 6.07) is 23.6. The van der Waals surface area contributed by atoms with Gasteiger partial charge in [-0.3, -0.25) is 4.79 Å². The molecule has 6 nitrogen and oxygen atoms in total. The standard InChI is InChI=1S/C27H28N4O2/c1-5-20-8-12-22(13-9-20)26(32)28-23-14-16-24(17-15-23)31-25(21-10-6-19(4)7-11-21)29-27(30-31)33-18(2)3/h6-18H,5H2,1-4H3,(H,28,32). The van der Waals surface area contributed by atoms with Crippen LogP contribution < -0.4 is 10.1 Å². The van der Waals surface area contributed by atoms with E-state index in [4.69, 9.17) is 4.74 Å². The molecule has 0 aliphatic carbocycles. The molecule has 1 heterocycles. The molecule has 0 fully saturated rings. The zero-order chi connectivity index (χ0) is 23.4. The highest BCUT2D eigenvalue weighted by Gasteiger charge is 2.16. The lowest BCUT2D eigenvalue weighted by Crippen LogP contribution is -2.12. The van der Waals surface area contributed by atoms with Gasteiger partial charge in [-0.1, -0.05) is 48.9 Å². The zero-order valence-electron chi connectivity index (χ0n) is 19.4. The molecule has 0 atom stereocenters. The van der Waals surface area contributed by atoms with Crippen LogP contribution in [0.25, 0.3) is 17.1 Å². The fourth-order valence-electron chi connectivity index (χ4n) is 3.40. The molecule has 0 radical (unpaired) electrons. The van der Waals surface area contributed by atoms with E-state index in [-0.39, 0.29) is 12.0 Å². The molecule has 1 amide bonds. The number of hydrogen-bond donors (Lipinski definition) is 1. The Morgan fingerprint density at radius 3 is 2.24 bits per heavy atom. The highest BCUT2D eigenvalue weighted by atomic mass is 16.5. The van der Waals surface area contributed by atoms with Gasteiger partial charge in [0.05, 0.1) is 11.8 Å². The second kappa shape index (κ2) is 9.69. The summed E-state index contributed by atoms with van der Waals surface area (Å²) < 4.78 is 7.51. The second-order valence-electron chi connectivity index (χ2n) is 8.21. The first kappa shape index (κ1) is 22.3. The summed E-state index contributed by atoms with van der Waals surface area (Å²) >= 11 is 0. The van der Waals surface area contributed by atoms with Crippen molar-refractivity contribution < 1.29 is 9.53 Å². The number of ether oxygens (including phenoxy) is 1. The highest BCUT2D eigenvalue weighted by molar-refractivity contribution is 6.04. The summed E-state index contributed by atoms with van der Waals surface area (Å²) in [5.41, 5.74) is 5.48. The lowest BCUT2D eigenvalue weighted by Gasteiger charge is -2.09. The van der Waals surface area contributed by atoms with Gasteiger partial charge in [0.25, 0.3) is 5.91 Å². The smallest absolute Gasteiger partial charge is 0.336 e. The van der Waals surface area contributed by atoms with Crippen LogP contribution in [0, 0.1) is 6.92 Å². The third-order valence-corrected chi connectivity index (χ3v) is 5.23. The van der Waals surface area contributed by atoms with E-state index < -0.39 is 0 Å². The molecule has 6 heteroatoms. The molecule has 4 rings (SSSR count). The first-order valence-electron chi connectivity index (χ1n) is 11.1. The van der Waals surface area contributed by atoms with Crippen LogP contribution in [0.3, 0.4) is 0 Å². The molecule has 0 saturated carbocycles. The number of carbonyl (C=O) groups is 1. The van der Waals surface area contributed by atoms with Crippen molar-refractivity contribution in [2.45, 2.75) is 40.2 Å². The second-order valence-corrected chi connectivity index (χ2v) is 8.21. The van der Waals surface area contributed by atoms with Gasteiger partial charge in [0.15, 0.2) is 5.82 Å². The minimum atomic E-state index is -0.140. The number of aryl methyl sites for hydroxylation is 2. The van der Waals surface area contributed by atoms with Gasteiger partial charge in [-0.15, -0.1) is 5.10 Å². The Balaban J connectivity index is 1.59. The Labute approximate surface area is 194 Å². The van der Waals surface area contributed by atoms with E-state index in [9.17, 15) is 4.79 Å². The van der Waals surface area contributed by atoms with E-state index in [0.29, 0.717) is 23.1 Å². The summed E-state index contributed by atoms with van der Waals surface area (Å²) in [6.07, 6.45) is 0.913. The van der Waals surface area contributed by atoms with Gasteiger partial charge in [0.1, 0.15) is 0 Å². The van der Waals surface area contributed by atoms with Gasteiger partial charge in [-0.25, -0.2) is 4.68 Å². The van der Waals surface area contributed by atoms with Crippen molar-refractivity contribution in [2.75, 3.05) is 5.32 Å². The van der Waals surface area contributed by atoms with Crippen molar-refractivity contribution in [3.05, 3.63) is 89.5 Å². The highest BCUT2D eigenvalue weighted by Crippen LogP contribution is 2.25. The van der Waals surface area contributed by atoms with Crippen LogP contribution >= 0.6 is 0 Å². The average Bonchev–Trinajstić information content (AvgIpc) is 3.23. The predicted molar refractivity (Wildman–Crippen MR) is 131 cm³/mol. The molecular formula is C27H28N4O2. The molecular weight excluding hydrogens is 412 g/mol. The third-order valence-electron chi connectivity index (χ3n) is 5.23. The molecule has 0 spiro atoms. The van der Waals surface area contributed by atoms with Gasteiger partial charge in [0.2, 0.25) is 0 Å². The van der Waals surface area contributed by atoms with Crippen LogP contribution in [-0.2, 0) is 6.42 Å². The minimum absolute atomic E-state index is 0.0318. The zero-order valence-corrected chi connectivity index (χ0v) is 19.4. The van der Waals surface area contributed by atoms with Crippen molar-refractivity contribution in [1.29, 1.82) is 0 Å². The summed E-state index contributed by atoms with van der Waals surface area (Å²) in [6.45, 7) is 8.03. The molecule has 0 aliphatic rings. The summed E-state index contributed by atoms with van der Waals surface area (Å²) in [7, 11) is 0. The molecule has 0 unspecified atom stereocenters. The largest absolute Gasteiger partial charge is 0.460 e. The maximum atomic E-state index is 12.6. The average molecular weight is 441 g/mol. The number of nitrogens with one attached hydrogen (secondary N) is 1.